The molecule has 1 heterocycles. The molecule has 150 valence electrons. The first-order chi connectivity index (χ1) is 13.3. The zero-order valence-electron chi connectivity index (χ0n) is 16.3. The van der Waals surface area contributed by atoms with Crippen LogP contribution < -0.4 is 5.73 Å². The van der Waals surface area contributed by atoms with Crippen LogP contribution in [0.15, 0.2) is 48.5 Å². The van der Waals surface area contributed by atoms with Crippen LogP contribution in [0, 0.1) is 5.82 Å². The third-order valence-electron chi connectivity index (χ3n) is 5.43. The summed E-state index contributed by atoms with van der Waals surface area (Å²) >= 11 is 5.92. The second-order valence-corrected chi connectivity index (χ2v) is 8.10. The Balaban J connectivity index is 1.59. The Bertz CT molecular complexity index is 796. The normalized spacial score (nSPS) is 21.5. The molecule has 2 aromatic carbocycles. The third-order valence-corrected chi connectivity index (χ3v) is 5.68. The number of hydrogen-bond donors (Lipinski definition) is 1. The number of rotatable bonds is 5. The van der Waals surface area contributed by atoms with Crippen LogP contribution in [-0.4, -0.2) is 40.9 Å². The molecule has 0 aromatic heterocycles. The highest BCUT2D eigenvalue weighted by atomic mass is 35.5. The van der Waals surface area contributed by atoms with Crippen LogP contribution in [0.4, 0.5) is 4.39 Å². The van der Waals surface area contributed by atoms with Gasteiger partial charge in [-0.05, 0) is 49.2 Å². The Morgan fingerprint density at radius 1 is 1.11 bits per heavy atom. The number of nitrogens with zero attached hydrogens (tertiary/aromatic N) is 2. The number of carbonyl (C=O) groups is 1. The topological polar surface area (TPSA) is 49.6 Å². The smallest absolute Gasteiger partial charge is 0.224 e. The summed E-state index contributed by atoms with van der Waals surface area (Å²) in [5.74, 6) is -0.152. The van der Waals surface area contributed by atoms with Gasteiger partial charge in [-0.3, -0.25) is 9.69 Å². The second-order valence-electron chi connectivity index (χ2n) is 7.66. The summed E-state index contributed by atoms with van der Waals surface area (Å²) < 4.78 is 13.1. The molecule has 1 unspecified atom stereocenters. The molecule has 0 aliphatic carbocycles. The van der Waals surface area contributed by atoms with Crippen molar-refractivity contribution in [1.29, 1.82) is 0 Å². The van der Waals surface area contributed by atoms with Gasteiger partial charge >= 0.3 is 0 Å². The molecule has 6 heteroatoms. The first-order valence-electron chi connectivity index (χ1n) is 9.62. The van der Waals surface area contributed by atoms with Crippen molar-refractivity contribution < 1.29 is 9.18 Å². The predicted octanol–water partition coefficient (Wildman–Crippen LogP) is 3.99. The summed E-state index contributed by atoms with van der Waals surface area (Å²) in [6, 6.07) is 13.9. The van der Waals surface area contributed by atoms with Crippen LogP contribution in [0.2, 0.25) is 5.02 Å². The van der Waals surface area contributed by atoms with Gasteiger partial charge in [-0.15, -0.1) is 0 Å². The van der Waals surface area contributed by atoms with Gasteiger partial charge in [0.05, 0.1) is 0 Å². The van der Waals surface area contributed by atoms with E-state index in [1.807, 2.05) is 29.2 Å². The van der Waals surface area contributed by atoms with Gasteiger partial charge in [0.2, 0.25) is 5.91 Å². The van der Waals surface area contributed by atoms with Gasteiger partial charge in [-0.25, -0.2) is 4.39 Å². The SMILES string of the molecule is C[C@@H]1CN(Cc2ccc(F)cc2)[C@@H](C)CN1C(=O)CC(N)c1ccc(Cl)cc1. The maximum absolute atomic E-state index is 13.1. The average Bonchev–Trinajstić information content (AvgIpc) is 2.66. The Morgan fingerprint density at radius 3 is 2.39 bits per heavy atom. The number of piperazine rings is 1. The van der Waals surface area contributed by atoms with Crippen molar-refractivity contribution in [2.75, 3.05) is 13.1 Å². The number of halogens is 2. The molecule has 1 fully saturated rings. The highest BCUT2D eigenvalue weighted by Crippen LogP contribution is 2.22. The average molecular weight is 404 g/mol. The Morgan fingerprint density at radius 2 is 1.75 bits per heavy atom. The van der Waals surface area contributed by atoms with Gasteiger partial charge in [-0.2, -0.15) is 0 Å². The van der Waals surface area contributed by atoms with Crippen LogP contribution >= 0.6 is 11.6 Å². The molecule has 1 aliphatic rings. The maximum Gasteiger partial charge on any atom is 0.224 e. The summed E-state index contributed by atoms with van der Waals surface area (Å²) in [4.78, 5) is 17.1. The predicted molar refractivity (Wildman–Crippen MR) is 110 cm³/mol. The first kappa shape index (κ1) is 20.8. The molecule has 0 bridgehead atoms. The van der Waals surface area contributed by atoms with Crippen LogP contribution in [0.3, 0.4) is 0 Å². The standard InChI is InChI=1S/C22H27ClFN3O/c1-15-13-27(22(28)11-21(25)18-5-7-19(23)8-6-18)16(2)12-26(15)14-17-3-9-20(24)10-4-17/h3-10,15-16,21H,11-14,25H2,1-2H3/t15-,16+,21?/m0/s1. The van der Waals surface area contributed by atoms with Crippen molar-refractivity contribution in [3.63, 3.8) is 0 Å². The van der Waals surface area contributed by atoms with Gasteiger partial charge in [-0.1, -0.05) is 35.9 Å². The Labute approximate surface area is 171 Å². The molecule has 1 aliphatic heterocycles. The van der Waals surface area contributed by atoms with Gasteiger partial charge in [0, 0.05) is 49.2 Å². The molecular formula is C22H27ClFN3O. The van der Waals surface area contributed by atoms with Crippen LogP contribution in [-0.2, 0) is 11.3 Å². The fourth-order valence-corrected chi connectivity index (χ4v) is 3.85. The molecule has 0 saturated carbocycles. The molecule has 0 spiro atoms. The van der Waals surface area contributed by atoms with E-state index in [-0.39, 0.29) is 36.3 Å². The lowest BCUT2D eigenvalue weighted by atomic mass is 10.0. The highest BCUT2D eigenvalue weighted by molar-refractivity contribution is 6.30. The number of hydrogen-bond acceptors (Lipinski definition) is 3. The van der Waals surface area contributed by atoms with Crippen molar-refractivity contribution in [3.8, 4) is 0 Å². The summed E-state index contributed by atoms with van der Waals surface area (Å²) in [5, 5.41) is 0.655. The molecule has 4 nitrogen and oxygen atoms in total. The van der Waals surface area contributed by atoms with E-state index in [4.69, 9.17) is 17.3 Å². The van der Waals surface area contributed by atoms with Gasteiger partial charge in [0.25, 0.3) is 0 Å². The van der Waals surface area contributed by atoms with Crippen molar-refractivity contribution in [1.82, 2.24) is 9.80 Å². The zero-order valence-corrected chi connectivity index (χ0v) is 17.1. The van der Waals surface area contributed by atoms with E-state index in [9.17, 15) is 9.18 Å². The minimum atomic E-state index is -0.343. The van der Waals surface area contributed by atoms with Crippen molar-refractivity contribution in [3.05, 3.63) is 70.5 Å². The van der Waals surface area contributed by atoms with Crippen molar-refractivity contribution >= 4 is 17.5 Å². The van der Waals surface area contributed by atoms with Crippen LogP contribution in [0.5, 0.6) is 0 Å². The molecule has 0 radical (unpaired) electrons. The minimum absolute atomic E-state index is 0.0724. The van der Waals surface area contributed by atoms with E-state index < -0.39 is 0 Å². The van der Waals surface area contributed by atoms with Gasteiger partial charge in [0.15, 0.2) is 0 Å². The lowest BCUT2D eigenvalue weighted by molar-refractivity contribution is -0.137. The number of amides is 1. The van der Waals surface area contributed by atoms with Crippen LogP contribution in [0.25, 0.3) is 0 Å². The maximum atomic E-state index is 13.1. The van der Waals surface area contributed by atoms with E-state index in [0.717, 1.165) is 24.2 Å². The number of benzene rings is 2. The third kappa shape index (κ3) is 5.10. The summed E-state index contributed by atoms with van der Waals surface area (Å²) in [7, 11) is 0. The molecule has 28 heavy (non-hydrogen) atoms. The first-order valence-corrected chi connectivity index (χ1v) is 10.0. The molecule has 3 atom stereocenters. The lowest BCUT2D eigenvalue weighted by Gasteiger charge is -2.44. The quantitative estimate of drug-likeness (QED) is 0.821. The van der Waals surface area contributed by atoms with E-state index in [1.54, 1.807) is 12.1 Å². The molecule has 1 amide bonds. The van der Waals surface area contributed by atoms with Gasteiger partial charge in [0.1, 0.15) is 5.82 Å². The van der Waals surface area contributed by atoms with E-state index in [2.05, 4.69) is 18.7 Å². The largest absolute Gasteiger partial charge is 0.337 e. The molecule has 1 saturated heterocycles. The van der Waals surface area contributed by atoms with Gasteiger partial charge < -0.3 is 10.6 Å². The summed E-state index contributed by atoms with van der Waals surface area (Å²) in [5.41, 5.74) is 8.23. The highest BCUT2D eigenvalue weighted by Gasteiger charge is 2.32. The van der Waals surface area contributed by atoms with E-state index in [1.165, 1.54) is 12.1 Å². The van der Waals surface area contributed by atoms with E-state index in [0.29, 0.717) is 11.6 Å². The lowest BCUT2D eigenvalue weighted by Crippen LogP contribution is -2.57. The number of carbonyl (C=O) groups excluding carboxylic acids is 1. The summed E-state index contributed by atoms with van der Waals surface area (Å²) in [6.45, 7) is 6.37. The molecule has 2 N–H and O–H groups in total. The number of nitrogens with two attached hydrogens (primary N) is 1. The zero-order chi connectivity index (χ0) is 20.3. The van der Waals surface area contributed by atoms with E-state index >= 15 is 0 Å². The Hall–Kier alpha value is -1.95. The van der Waals surface area contributed by atoms with Crippen molar-refractivity contribution in [2.24, 2.45) is 5.73 Å². The fraction of sp³-hybridized carbons (Fsp3) is 0.409. The fourth-order valence-electron chi connectivity index (χ4n) is 3.72. The monoisotopic (exact) mass is 403 g/mol. The molecule has 2 aromatic rings. The molecule has 3 rings (SSSR count). The summed E-state index contributed by atoms with van der Waals surface area (Å²) in [6.07, 6.45) is 0.274. The second kappa shape index (κ2) is 9.03. The minimum Gasteiger partial charge on any atom is -0.337 e. The Kier molecular flexibility index (Phi) is 6.70. The van der Waals surface area contributed by atoms with Crippen LogP contribution in [0.1, 0.15) is 37.4 Å². The van der Waals surface area contributed by atoms with Crippen molar-refractivity contribution in [2.45, 2.75) is 44.9 Å². The molecular weight excluding hydrogens is 377 g/mol.